The van der Waals surface area contributed by atoms with Gasteiger partial charge in [0.25, 0.3) is 0 Å². The first-order valence-corrected chi connectivity index (χ1v) is 24.4. The number of aliphatic hydroxyl groups excluding tert-OH is 1. The van der Waals surface area contributed by atoms with E-state index in [0.29, 0.717) is 19.3 Å². The van der Waals surface area contributed by atoms with E-state index in [1.54, 1.807) is 12.2 Å². The average molecular weight is 838 g/mol. The molecule has 0 heterocycles. The summed E-state index contributed by atoms with van der Waals surface area (Å²) in [7, 11) is -4.43. The van der Waals surface area contributed by atoms with Crippen LogP contribution in [0.3, 0.4) is 0 Å². The molecule has 3 atom stereocenters. The first kappa shape index (κ1) is 55.7. The van der Waals surface area contributed by atoms with Crippen LogP contribution >= 0.6 is 7.82 Å². The quantitative estimate of drug-likeness (QED) is 0.0178. The Hall–Kier alpha value is -2.33. The van der Waals surface area contributed by atoms with E-state index in [2.05, 4.69) is 50.3 Å². The van der Waals surface area contributed by atoms with Crippen LogP contribution in [0.15, 0.2) is 60.8 Å². The predicted octanol–water partition coefficient (Wildman–Crippen LogP) is 12.2. The van der Waals surface area contributed by atoms with Crippen molar-refractivity contribution in [1.82, 2.24) is 0 Å². The van der Waals surface area contributed by atoms with E-state index in [9.17, 15) is 24.2 Å². The van der Waals surface area contributed by atoms with Crippen molar-refractivity contribution < 1.29 is 42.7 Å². The summed E-state index contributed by atoms with van der Waals surface area (Å²) >= 11 is 0. The second-order valence-electron chi connectivity index (χ2n) is 15.1. The van der Waals surface area contributed by atoms with Gasteiger partial charge in [0.2, 0.25) is 0 Å². The number of nitrogens with two attached hydrogens (primary N) is 1. The number of rotatable bonds is 42. The molecule has 0 spiro atoms. The minimum Gasteiger partial charge on any atom is -0.462 e. The second kappa shape index (κ2) is 42.8. The number of aliphatic hydroxyl groups is 1. The lowest BCUT2D eigenvalue weighted by Crippen LogP contribution is -2.29. The van der Waals surface area contributed by atoms with Crippen LogP contribution in [0, 0.1) is 0 Å². The summed E-state index contributed by atoms with van der Waals surface area (Å²) in [5.41, 5.74) is 5.34. The van der Waals surface area contributed by atoms with E-state index < -0.39 is 38.6 Å². The Balaban J connectivity index is 4.28. The number of allylic oxidation sites excluding steroid dienone is 9. The normalized spacial score (nSPS) is 14.4. The molecule has 0 aliphatic carbocycles. The van der Waals surface area contributed by atoms with Crippen molar-refractivity contribution in [2.75, 3.05) is 26.4 Å². The Morgan fingerprint density at radius 2 is 1.09 bits per heavy atom. The van der Waals surface area contributed by atoms with Crippen LogP contribution in [-0.2, 0) is 32.7 Å². The largest absolute Gasteiger partial charge is 0.472 e. The summed E-state index contributed by atoms with van der Waals surface area (Å²) in [5, 5.41) is 10.3. The lowest BCUT2D eigenvalue weighted by atomic mass is 10.0. The highest BCUT2D eigenvalue weighted by molar-refractivity contribution is 7.47. The summed E-state index contributed by atoms with van der Waals surface area (Å²) in [6.07, 6.45) is 47.2. The van der Waals surface area contributed by atoms with Gasteiger partial charge in [0.05, 0.1) is 19.3 Å². The number of unbranched alkanes of at least 4 members (excludes halogenated alkanes) is 18. The van der Waals surface area contributed by atoms with Gasteiger partial charge in [-0.25, -0.2) is 4.57 Å². The molecule has 0 aromatic heterocycles. The van der Waals surface area contributed by atoms with Crippen LogP contribution < -0.4 is 5.73 Å². The molecule has 336 valence electrons. The van der Waals surface area contributed by atoms with Crippen molar-refractivity contribution in [2.45, 2.75) is 199 Å². The van der Waals surface area contributed by atoms with Gasteiger partial charge in [-0.2, -0.15) is 0 Å². The van der Waals surface area contributed by atoms with Crippen molar-refractivity contribution in [3.8, 4) is 0 Å². The maximum Gasteiger partial charge on any atom is 0.472 e. The van der Waals surface area contributed by atoms with Crippen molar-refractivity contribution in [1.29, 1.82) is 0 Å². The minimum atomic E-state index is -4.43. The second-order valence-corrected chi connectivity index (χ2v) is 16.6. The number of hydrogen-bond acceptors (Lipinski definition) is 9. The van der Waals surface area contributed by atoms with Crippen LogP contribution in [0.5, 0.6) is 0 Å². The molecule has 0 aliphatic heterocycles. The molecule has 2 unspecified atom stereocenters. The van der Waals surface area contributed by atoms with Crippen LogP contribution in [-0.4, -0.2) is 60.5 Å². The van der Waals surface area contributed by atoms with E-state index in [1.165, 1.54) is 96.3 Å². The summed E-state index contributed by atoms with van der Waals surface area (Å²) in [6, 6.07) is 0. The SMILES string of the molecule is CC/C=C\C/C=C\C/C=C\C/C=C\C=C\C(O)CCCC(=O)O[C@H](COC(=O)CCCCCCCCCCCCCCCCCCCCC)COP(=O)(O)OCCN. The zero-order valence-corrected chi connectivity index (χ0v) is 37.5. The fourth-order valence-corrected chi connectivity index (χ4v) is 6.90. The Morgan fingerprint density at radius 3 is 1.60 bits per heavy atom. The molecule has 0 saturated heterocycles. The van der Waals surface area contributed by atoms with Gasteiger partial charge < -0.3 is 25.2 Å². The zero-order valence-electron chi connectivity index (χ0n) is 36.6. The number of carbonyl (C=O) groups excluding carboxylic acids is 2. The number of phosphoric ester groups is 1. The van der Waals surface area contributed by atoms with Gasteiger partial charge in [-0.1, -0.05) is 190 Å². The Morgan fingerprint density at radius 1 is 0.603 bits per heavy atom. The number of ether oxygens (including phenoxy) is 2. The summed E-state index contributed by atoms with van der Waals surface area (Å²) < 4.78 is 32.7. The van der Waals surface area contributed by atoms with E-state index >= 15 is 0 Å². The molecule has 0 rings (SSSR count). The molecule has 0 amide bonds. The van der Waals surface area contributed by atoms with Gasteiger partial charge in [-0.15, -0.1) is 0 Å². The van der Waals surface area contributed by atoms with Crippen molar-refractivity contribution in [3.05, 3.63) is 60.8 Å². The number of esters is 2. The third-order valence-corrected chi connectivity index (χ3v) is 10.5. The molecular weight excluding hydrogens is 753 g/mol. The van der Waals surface area contributed by atoms with Crippen molar-refractivity contribution in [2.24, 2.45) is 5.73 Å². The smallest absolute Gasteiger partial charge is 0.462 e. The Kier molecular flexibility index (Phi) is 41.1. The van der Waals surface area contributed by atoms with Gasteiger partial charge in [-0.3, -0.25) is 18.6 Å². The highest BCUT2D eigenvalue weighted by Gasteiger charge is 2.26. The van der Waals surface area contributed by atoms with Gasteiger partial charge in [0.15, 0.2) is 6.10 Å². The van der Waals surface area contributed by atoms with E-state index in [0.717, 1.165) is 44.9 Å². The third-order valence-electron chi connectivity index (χ3n) is 9.52. The highest BCUT2D eigenvalue weighted by Crippen LogP contribution is 2.43. The fraction of sp³-hybridized carbons (Fsp3) is 0.745. The standard InChI is InChI=1S/C47H84NO9P/c1-3-5-7-9-11-13-15-17-18-19-20-21-22-24-26-28-30-32-34-38-46(50)54-42-45(43-56-58(52,53)55-41-40-48)57-47(51)39-35-37-44(49)36-33-31-29-27-25-23-16-14-12-10-8-6-4-2/h6,8,12,14,23,25,29,31,33,36,44-45,49H,3-5,7,9-11,13,15-22,24,26-28,30,32,34-35,37-43,48H2,1-2H3,(H,52,53)/b8-6-,14-12-,25-23-,31-29-,36-33+/t44?,45-/m1/s1. The minimum absolute atomic E-state index is 0.000859. The molecule has 4 N–H and O–H groups in total. The first-order chi connectivity index (χ1) is 28.2. The van der Waals surface area contributed by atoms with Gasteiger partial charge in [0.1, 0.15) is 6.61 Å². The Labute approximate surface area is 353 Å². The monoisotopic (exact) mass is 838 g/mol. The van der Waals surface area contributed by atoms with E-state index in [1.807, 2.05) is 12.2 Å². The highest BCUT2D eigenvalue weighted by atomic mass is 31.2. The Bertz CT molecular complexity index is 1150. The molecule has 0 aliphatic rings. The molecule has 11 heteroatoms. The van der Waals surface area contributed by atoms with E-state index in [-0.39, 0.29) is 32.6 Å². The van der Waals surface area contributed by atoms with Crippen LogP contribution in [0.25, 0.3) is 0 Å². The molecule has 0 radical (unpaired) electrons. The van der Waals surface area contributed by atoms with Gasteiger partial charge in [0, 0.05) is 19.4 Å². The predicted molar refractivity (Wildman–Crippen MR) is 239 cm³/mol. The van der Waals surface area contributed by atoms with E-state index in [4.69, 9.17) is 24.3 Å². The van der Waals surface area contributed by atoms with Gasteiger partial charge >= 0.3 is 19.8 Å². The molecule has 0 fully saturated rings. The maximum atomic E-state index is 12.6. The molecule has 0 bridgehead atoms. The summed E-state index contributed by atoms with van der Waals surface area (Å²) in [5.74, 6) is -1.03. The molecule has 0 aromatic rings. The lowest BCUT2D eigenvalue weighted by Gasteiger charge is -2.20. The summed E-state index contributed by atoms with van der Waals surface area (Å²) in [6.45, 7) is 3.40. The third kappa shape index (κ3) is 41.8. The zero-order chi connectivity index (χ0) is 42.6. The number of hydrogen-bond donors (Lipinski definition) is 3. The molecule has 10 nitrogen and oxygen atoms in total. The molecule has 0 saturated carbocycles. The van der Waals surface area contributed by atoms with Crippen molar-refractivity contribution in [3.63, 3.8) is 0 Å². The summed E-state index contributed by atoms with van der Waals surface area (Å²) in [4.78, 5) is 34.9. The number of phosphoric acid groups is 1. The molecule has 0 aromatic carbocycles. The van der Waals surface area contributed by atoms with Crippen LogP contribution in [0.4, 0.5) is 0 Å². The fourth-order valence-electron chi connectivity index (χ4n) is 6.13. The van der Waals surface area contributed by atoms with Crippen LogP contribution in [0.1, 0.15) is 187 Å². The maximum absolute atomic E-state index is 12.6. The first-order valence-electron chi connectivity index (χ1n) is 22.9. The lowest BCUT2D eigenvalue weighted by molar-refractivity contribution is -0.161. The molecule has 58 heavy (non-hydrogen) atoms. The topological polar surface area (TPSA) is 155 Å². The number of carbonyl (C=O) groups is 2. The molecular formula is C47H84NO9P. The average Bonchev–Trinajstić information content (AvgIpc) is 3.20. The van der Waals surface area contributed by atoms with Gasteiger partial charge in [-0.05, 0) is 44.9 Å². The van der Waals surface area contributed by atoms with Crippen molar-refractivity contribution >= 4 is 19.8 Å². The van der Waals surface area contributed by atoms with Crippen LogP contribution in [0.2, 0.25) is 0 Å².